The number of para-hydroxylation sites is 2. The minimum atomic E-state index is 0.619. The van der Waals surface area contributed by atoms with E-state index >= 15 is 0 Å². The largest absolute Gasteiger partial charge is 0.309 e. The lowest BCUT2D eigenvalue weighted by atomic mass is 9.93. The first-order valence-electron chi connectivity index (χ1n) is 26.0. The molecule has 0 atom stereocenters. The molecule has 3 aromatic heterocycles. The number of rotatable bonds is 9. The number of hydrogen-bond donors (Lipinski definition) is 0. The molecule has 0 saturated heterocycles. The van der Waals surface area contributed by atoms with Crippen LogP contribution in [0.5, 0.6) is 0 Å². The van der Waals surface area contributed by atoms with Gasteiger partial charge in [-0.1, -0.05) is 189 Å². The number of benzene rings is 11. The first-order valence-corrected chi connectivity index (χ1v) is 26.0. The zero-order chi connectivity index (χ0) is 51.0. The molecule has 0 bridgehead atoms. The quantitative estimate of drug-likeness (QED) is 0.107. The van der Waals surface area contributed by atoms with Gasteiger partial charge >= 0.3 is 0 Å². The van der Waals surface area contributed by atoms with Gasteiger partial charge in [-0.05, 0) is 157 Å². The van der Waals surface area contributed by atoms with Gasteiger partial charge in [0.1, 0.15) is 0 Å². The molecule has 0 fully saturated rings. The lowest BCUT2D eigenvalue weighted by Crippen LogP contribution is -2.04. The molecule has 4 heteroatoms. The summed E-state index contributed by atoms with van der Waals surface area (Å²) in [5.74, 6) is 0.619. The maximum atomic E-state index is 5.62. The summed E-state index contributed by atoms with van der Waals surface area (Å²) >= 11 is 0. The van der Waals surface area contributed by atoms with Crippen molar-refractivity contribution in [1.82, 2.24) is 19.1 Å². The topological polar surface area (TPSA) is 35.6 Å². The number of aromatic nitrogens is 4. The Morgan fingerprint density at radius 2 is 0.882 bits per heavy atom. The molecule has 14 rings (SSSR count). The van der Waals surface area contributed by atoms with Gasteiger partial charge in [0, 0.05) is 38.4 Å². The van der Waals surface area contributed by atoms with Crippen molar-refractivity contribution in [1.29, 1.82) is 0 Å². The van der Waals surface area contributed by atoms with Crippen molar-refractivity contribution < 1.29 is 0 Å². The predicted octanol–water partition coefficient (Wildman–Crippen LogP) is 19.3. The summed E-state index contributed by atoms with van der Waals surface area (Å²) in [6.45, 7) is 12.3. The minimum absolute atomic E-state index is 0.619. The Labute approximate surface area is 440 Å². The second kappa shape index (κ2) is 17.9. The van der Waals surface area contributed by atoms with Crippen molar-refractivity contribution in [3.63, 3.8) is 0 Å². The predicted molar refractivity (Wildman–Crippen MR) is 324 cm³/mol. The molecular weight excluding hydrogens is 921 g/mol. The molecule has 0 unspecified atom stereocenters. The van der Waals surface area contributed by atoms with Gasteiger partial charge in [0.25, 0.3) is 0 Å². The molecule has 0 saturated carbocycles. The Kier molecular flexibility index (Phi) is 10.6. The van der Waals surface area contributed by atoms with E-state index in [1.54, 1.807) is 0 Å². The first kappa shape index (κ1) is 44.8. The Morgan fingerprint density at radius 1 is 0.421 bits per heavy atom. The molecule has 0 amide bonds. The van der Waals surface area contributed by atoms with Crippen molar-refractivity contribution >= 4 is 92.3 Å². The van der Waals surface area contributed by atoms with Crippen LogP contribution in [0.25, 0.3) is 138 Å². The monoisotopic (exact) mass is 970 g/mol. The van der Waals surface area contributed by atoms with Gasteiger partial charge in [0.15, 0.2) is 0 Å². The molecule has 0 N–H and O–H groups in total. The third-order valence-corrected chi connectivity index (χ3v) is 15.6. The summed E-state index contributed by atoms with van der Waals surface area (Å²) < 4.78 is 4.67. The van der Waals surface area contributed by atoms with E-state index in [4.69, 9.17) is 9.97 Å². The van der Waals surface area contributed by atoms with Crippen LogP contribution in [-0.2, 0) is 0 Å². The van der Waals surface area contributed by atoms with Crippen LogP contribution in [0.1, 0.15) is 18.1 Å². The van der Waals surface area contributed by atoms with Crippen molar-refractivity contribution in [2.24, 2.45) is 0 Å². The van der Waals surface area contributed by atoms with Crippen LogP contribution >= 0.6 is 0 Å². The number of aryl methyl sites for hydroxylation is 1. The number of fused-ring (bicyclic) bond motifs is 12. The average molecular weight is 971 g/mol. The summed E-state index contributed by atoms with van der Waals surface area (Å²) in [6.07, 6.45) is 7.87. The standard InChI is InChI=1S/C72H50N4/c1-5-7-22-52(45(3)6-2)61-43-51(36-33-46(61)4)75-68-31-18-16-29-59(68)64-39-47(34-37-70(64)75)48-35-38-71-65(40-48)60-30-17-19-32-69(60)76(71)72-73-66(62-41-49-20-8-10-23-53(49)55-25-12-14-27-57(55)62)44-67(74-72)63-42-50-21-9-11-24-54(50)56-26-13-15-28-58(56)63/h5-44H,1-2H2,3-4H3. The number of allylic oxidation sites excluding steroid dienone is 6. The lowest BCUT2D eigenvalue weighted by molar-refractivity contribution is 0.997. The minimum Gasteiger partial charge on any atom is -0.309 e. The van der Waals surface area contributed by atoms with Gasteiger partial charge in [-0.15, -0.1) is 0 Å². The van der Waals surface area contributed by atoms with Crippen LogP contribution in [0.3, 0.4) is 0 Å². The normalized spacial score (nSPS) is 12.3. The summed E-state index contributed by atoms with van der Waals surface area (Å²) in [5, 5.41) is 14.1. The number of nitrogens with zero attached hydrogens (tertiary/aromatic N) is 4. The third-order valence-electron chi connectivity index (χ3n) is 15.6. The second-order valence-corrected chi connectivity index (χ2v) is 19.9. The van der Waals surface area contributed by atoms with Crippen LogP contribution < -0.4 is 0 Å². The molecule has 14 aromatic rings. The summed E-state index contributed by atoms with van der Waals surface area (Å²) in [6, 6.07) is 79.5. The molecule has 3 heterocycles. The van der Waals surface area contributed by atoms with Crippen molar-refractivity contribution in [2.45, 2.75) is 13.8 Å². The number of hydrogen-bond acceptors (Lipinski definition) is 2. The van der Waals surface area contributed by atoms with Gasteiger partial charge in [-0.3, -0.25) is 4.57 Å². The van der Waals surface area contributed by atoms with Gasteiger partial charge in [-0.25, -0.2) is 9.97 Å². The Hall–Kier alpha value is -9.90. The van der Waals surface area contributed by atoms with Crippen LogP contribution in [-0.4, -0.2) is 19.1 Å². The fraction of sp³-hybridized carbons (Fsp3) is 0.0278. The van der Waals surface area contributed by atoms with Gasteiger partial charge < -0.3 is 4.57 Å². The van der Waals surface area contributed by atoms with Crippen LogP contribution in [0.2, 0.25) is 0 Å². The van der Waals surface area contributed by atoms with E-state index in [0.29, 0.717) is 5.95 Å². The maximum Gasteiger partial charge on any atom is 0.235 e. The SMILES string of the molecule is C=CC=CC(=C(C)C=C)c1cc(-n2c3ccccc3c3cc(-c4ccc5c(c4)c4ccccc4n5-c4nc(-c5cc6ccccc6c6ccccc56)cc(-c5cc6ccccc6c6ccccc56)n4)ccc32)ccc1C. The summed E-state index contributed by atoms with van der Waals surface area (Å²) in [4.78, 5) is 11.2. The van der Waals surface area contributed by atoms with E-state index in [2.05, 4.69) is 261 Å². The highest BCUT2D eigenvalue weighted by Gasteiger charge is 2.22. The van der Waals surface area contributed by atoms with Gasteiger partial charge in [0.2, 0.25) is 5.95 Å². The molecular formula is C72H50N4. The van der Waals surface area contributed by atoms with Crippen LogP contribution in [0, 0.1) is 6.92 Å². The van der Waals surface area contributed by atoms with E-state index in [1.165, 1.54) is 54.2 Å². The van der Waals surface area contributed by atoms with Crippen molar-refractivity contribution in [3.05, 3.63) is 273 Å². The molecule has 11 aromatic carbocycles. The van der Waals surface area contributed by atoms with E-state index in [-0.39, 0.29) is 0 Å². The van der Waals surface area contributed by atoms with Crippen molar-refractivity contribution in [3.8, 4) is 45.3 Å². The van der Waals surface area contributed by atoms with E-state index < -0.39 is 0 Å². The molecule has 0 aliphatic heterocycles. The maximum absolute atomic E-state index is 5.62. The van der Waals surface area contributed by atoms with Crippen molar-refractivity contribution in [2.75, 3.05) is 0 Å². The summed E-state index contributed by atoms with van der Waals surface area (Å²) in [5.41, 5.74) is 16.2. The van der Waals surface area contributed by atoms with Crippen LogP contribution in [0.15, 0.2) is 261 Å². The summed E-state index contributed by atoms with van der Waals surface area (Å²) in [7, 11) is 0. The van der Waals surface area contributed by atoms with Gasteiger partial charge in [0.05, 0.1) is 33.5 Å². The molecule has 358 valence electrons. The zero-order valence-corrected chi connectivity index (χ0v) is 42.3. The fourth-order valence-electron chi connectivity index (χ4n) is 11.9. The highest BCUT2D eigenvalue weighted by Crippen LogP contribution is 2.42. The average Bonchev–Trinajstić information content (AvgIpc) is 4.10. The fourth-order valence-corrected chi connectivity index (χ4v) is 11.9. The Morgan fingerprint density at radius 3 is 1.42 bits per heavy atom. The molecule has 0 radical (unpaired) electrons. The molecule has 76 heavy (non-hydrogen) atoms. The molecule has 4 nitrogen and oxygen atoms in total. The van der Waals surface area contributed by atoms with E-state index in [0.717, 1.165) is 94.1 Å². The highest BCUT2D eigenvalue weighted by molar-refractivity contribution is 6.16. The molecule has 0 aliphatic rings. The highest BCUT2D eigenvalue weighted by atomic mass is 15.2. The van der Waals surface area contributed by atoms with Gasteiger partial charge in [-0.2, -0.15) is 0 Å². The molecule has 0 spiro atoms. The first-order chi connectivity index (χ1) is 37.4. The Bertz CT molecular complexity index is 4690. The molecule has 0 aliphatic carbocycles. The van der Waals surface area contributed by atoms with E-state index in [1.807, 2.05) is 18.2 Å². The second-order valence-electron chi connectivity index (χ2n) is 19.9. The Balaban J connectivity index is 0.967. The van der Waals surface area contributed by atoms with Crippen LogP contribution in [0.4, 0.5) is 0 Å². The zero-order valence-electron chi connectivity index (χ0n) is 42.3. The van der Waals surface area contributed by atoms with E-state index in [9.17, 15) is 0 Å². The smallest absolute Gasteiger partial charge is 0.235 e. The third kappa shape index (κ3) is 7.14. The lowest BCUT2D eigenvalue weighted by Gasteiger charge is -2.16.